The first-order valence-corrected chi connectivity index (χ1v) is 7.80. The molecule has 0 bridgehead atoms. The predicted octanol–water partition coefficient (Wildman–Crippen LogP) is 2.58. The molecule has 0 aromatic heterocycles. The molecule has 1 aliphatic carbocycles. The first kappa shape index (κ1) is 16.3. The van der Waals surface area contributed by atoms with E-state index in [9.17, 15) is 9.59 Å². The Morgan fingerprint density at radius 3 is 2.64 bits per heavy atom. The van der Waals surface area contributed by atoms with Gasteiger partial charge in [-0.2, -0.15) is 0 Å². The van der Waals surface area contributed by atoms with Crippen molar-refractivity contribution in [3.8, 4) is 0 Å². The van der Waals surface area contributed by atoms with Gasteiger partial charge in [-0.15, -0.1) is 0 Å². The number of rotatable bonds is 5. The topological polar surface area (TPSA) is 67.4 Å². The largest absolute Gasteiger partial charge is 0.465 e. The molecule has 0 aliphatic heterocycles. The minimum absolute atomic E-state index is 0.0111. The van der Waals surface area contributed by atoms with E-state index in [1.807, 2.05) is 6.07 Å². The maximum atomic E-state index is 12.0. The van der Waals surface area contributed by atoms with Gasteiger partial charge in [-0.1, -0.05) is 13.0 Å². The van der Waals surface area contributed by atoms with Crippen molar-refractivity contribution in [2.75, 3.05) is 19.0 Å². The number of nitrogens with one attached hydrogen (secondary N) is 2. The van der Waals surface area contributed by atoms with E-state index in [0.717, 1.165) is 24.4 Å². The summed E-state index contributed by atoms with van der Waals surface area (Å²) in [5, 5.41) is 6.11. The predicted molar refractivity (Wildman–Crippen MR) is 85.8 cm³/mol. The molecule has 1 amide bonds. The Balaban J connectivity index is 1.80. The third-order valence-electron chi connectivity index (χ3n) is 4.12. The van der Waals surface area contributed by atoms with E-state index in [4.69, 9.17) is 0 Å². The van der Waals surface area contributed by atoms with Crippen molar-refractivity contribution in [2.24, 2.45) is 5.92 Å². The highest BCUT2D eigenvalue weighted by atomic mass is 16.5. The number of carbonyl (C=O) groups excluding carboxylic acids is 2. The van der Waals surface area contributed by atoms with Gasteiger partial charge in [0.1, 0.15) is 0 Å². The highest BCUT2D eigenvalue weighted by Crippen LogP contribution is 2.23. The van der Waals surface area contributed by atoms with Crippen molar-refractivity contribution in [1.29, 1.82) is 0 Å². The Hall–Kier alpha value is -2.04. The molecule has 1 aliphatic rings. The van der Waals surface area contributed by atoms with Gasteiger partial charge >= 0.3 is 5.97 Å². The molecular formula is C17H24N2O3. The van der Waals surface area contributed by atoms with E-state index < -0.39 is 0 Å². The number of esters is 1. The van der Waals surface area contributed by atoms with Crippen molar-refractivity contribution < 1.29 is 14.3 Å². The fourth-order valence-electron chi connectivity index (χ4n) is 2.74. The lowest BCUT2D eigenvalue weighted by Gasteiger charge is -2.27. The fraction of sp³-hybridized carbons (Fsp3) is 0.529. The summed E-state index contributed by atoms with van der Waals surface area (Å²) >= 11 is 0. The van der Waals surface area contributed by atoms with Crippen molar-refractivity contribution in [3.63, 3.8) is 0 Å². The van der Waals surface area contributed by atoms with Gasteiger partial charge in [-0.25, -0.2) is 4.79 Å². The lowest BCUT2D eigenvalue weighted by molar-refractivity contribution is -0.120. The smallest absolute Gasteiger partial charge is 0.337 e. The van der Waals surface area contributed by atoms with Crippen LogP contribution >= 0.6 is 0 Å². The van der Waals surface area contributed by atoms with Crippen LogP contribution in [-0.4, -0.2) is 31.6 Å². The third kappa shape index (κ3) is 4.76. The Labute approximate surface area is 131 Å². The van der Waals surface area contributed by atoms with E-state index in [1.165, 1.54) is 20.0 Å². The molecule has 0 spiro atoms. The molecule has 1 saturated carbocycles. The van der Waals surface area contributed by atoms with Gasteiger partial charge in [0.2, 0.25) is 5.91 Å². The van der Waals surface area contributed by atoms with Crippen LogP contribution in [0.1, 0.15) is 43.0 Å². The average molecular weight is 304 g/mol. The van der Waals surface area contributed by atoms with Gasteiger partial charge in [-0.05, 0) is 49.8 Å². The number of amides is 1. The maximum Gasteiger partial charge on any atom is 0.337 e. The second kappa shape index (κ2) is 7.82. The second-order valence-corrected chi connectivity index (χ2v) is 5.95. The van der Waals surface area contributed by atoms with Gasteiger partial charge in [0.15, 0.2) is 0 Å². The Bertz CT molecular complexity index is 522. The van der Waals surface area contributed by atoms with Crippen molar-refractivity contribution in [1.82, 2.24) is 5.32 Å². The van der Waals surface area contributed by atoms with Gasteiger partial charge < -0.3 is 15.4 Å². The number of hydrogen-bond acceptors (Lipinski definition) is 4. The zero-order valence-electron chi connectivity index (χ0n) is 13.2. The summed E-state index contributed by atoms with van der Waals surface area (Å²) in [5.41, 5.74) is 1.20. The molecule has 0 atom stereocenters. The zero-order valence-corrected chi connectivity index (χ0v) is 13.2. The first-order chi connectivity index (χ1) is 10.6. The summed E-state index contributed by atoms with van der Waals surface area (Å²) in [5.74, 6) is 0.375. The third-order valence-corrected chi connectivity index (χ3v) is 4.12. The van der Waals surface area contributed by atoms with Crippen LogP contribution in [0.15, 0.2) is 24.3 Å². The van der Waals surface area contributed by atoms with E-state index >= 15 is 0 Å². The average Bonchev–Trinajstić information content (AvgIpc) is 2.54. The molecule has 0 saturated heterocycles. The lowest BCUT2D eigenvalue weighted by atomic mass is 9.87. The van der Waals surface area contributed by atoms with Gasteiger partial charge in [0.25, 0.3) is 0 Å². The van der Waals surface area contributed by atoms with Crippen LogP contribution in [0.2, 0.25) is 0 Å². The summed E-state index contributed by atoms with van der Waals surface area (Å²) in [6.07, 6.45) is 4.48. The summed E-state index contributed by atoms with van der Waals surface area (Å²) in [4.78, 5) is 23.4. The van der Waals surface area contributed by atoms with Crippen LogP contribution in [0.25, 0.3) is 0 Å². The summed E-state index contributed by atoms with van der Waals surface area (Å²) < 4.78 is 4.68. The molecule has 22 heavy (non-hydrogen) atoms. The van der Waals surface area contributed by atoms with Crippen molar-refractivity contribution in [2.45, 2.75) is 38.6 Å². The van der Waals surface area contributed by atoms with Crippen molar-refractivity contribution in [3.05, 3.63) is 29.8 Å². The highest BCUT2D eigenvalue weighted by Gasteiger charge is 2.19. The summed E-state index contributed by atoms with van der Waals surface area (Å²) in [6, 6.07) is 7.24. The monoisotopic (exact) mass is 304 g/mol. The van der Waals surface area contributed by atoms with Gasteiger partial charge in [0, 0.05) is 11.7 Å². The van der Waals surface area contributed by atoms with E-state index in [0.29, 0.717) is 11.6 Å². The van der Waals surface area contributed by atoms with E-state index in [-0.39, 0.29) is 18.4 Å². The van der Waals surface area contributed by atoms with Crippen LogP contribution < -0.4 is 10.6 Å². The molecule has 5 nitrogen and oxygen atoms in total. The van der Waals surface area contributed by atoms with Crippen LogP contribution in [0, 0.1) is 5.92 Å². The molecule has 2 rings (SSSR count). The number of ether oxygens (including phenoxy) is 1. The lowest BCUT2D eigenvalue weighted by Crippen LogP contribution is -2.40. The van der Waals surface area contributed by atoms with Crippen molar-refractivity contribution >= 4 is 17.6 Å². The second-order valence-electron chi connectivity index (χ2n) is 5.95. The molecule has 1 fully saturated rings. The Kier molecular flexibility index (Phi) is 5.81. The molecule has 0 heterocycles. The minimum atomic E-state index is -0.385. The minimum Gasteiger partial charge on any atom is -0.465 e. The quantitative estimate of drug-likeness (QED) is 0.821. The summed E-state index contributed by atoms with van der Waals surface area (Å²) in [7, 11) is 1.35. The molecule has 1 aromatic rings. The number of carbonyl (C=O) groups is 2. The van der Waals surface area contributed by atoms with Gasteiger partial charge in [-0.3, -0.25) is 4.79 Å². The maximum absolute atomic E-state index is 12.0. The normalized spacial score (nSPS) is 21.0. The summed E-state index contributed by atoms with van der Waals surface area (Å²) in [6.45, 7) is 2.46. The molecule has 0 radical (unpaired) electrons. The SMILES string of the molecule is COC(=O)c1cccc(NCC(=O)NC2CCC(C)CC2)c1. The molecule has 5 heteroatoms. The molecule has 120 valence electrons. The number of anilines is 1. The van der Waals surface area contributed by atoms with E-state index in [2.05, 4.69) is 22.3 Å². The van der Waals surface area contributed by atoms with Crippen LogP contribution in [0.4, 0.5) is 5.69 Å². The molecular weight excluding hydrogens is 280 g/mol. The fourth-order valence-corrected chi connectivity index (χ4v) is 2.74. The van der Waals surface area contributed by atoms with Crippen LogP contribution in [-0.2, 0) is 9.53 Å². The zero-order chi connectivity index (χ0) is 15.9. The number of methoxy groups -OCH3 is 1. The number of benzene rings is 1. The molecule has 2 N–H and O–H groups in total. The van der Waals surface area contributed by atoms with Gasteiger partial charge in [0.05, 0.1) is 19.2 Å². The number of hydrogen-bond donors (Lipinski definition) is 2. The van der Waals surface area contributed by atoms with Crippen LogP contribution in [0.3, 0.4) is 0 Å². The Morgan fingerprint density at radius 2 is 1.95 bits per heavy atom. The van der Waals surface area contributed by atoms with E-state index in [1.54, 1.807) is 18.2 Å². The first-order valence-electron chi connectivity index (χ1n) is 7.80. The standard InChI is InChI=1S/C17H24N2O3/c1-12-6-8-14(9-7-12)19-16(20)11-18-15-5-3-4-13(10-15)17(21)22-2/h3-5,10,12,14,18H,6-9,11H2,1-2H3,(H,19,20). The molecule has 1 aromatic carbocycles. The Morgan fingerprint density at radius 1 is 1.23 bits per heavy atom. The molecule has 0 unspecified atom stereocenters. The van der Waals surface area contributed by atoms with Crippen LogP contribution in [0.5, 0.6) is 0 Å². The highest BCUT2D eigenvalue weighted by molar-refractivity contribution is 5.90.